The number of aryl methyl sites for hydroxylation is 3. The quantitative estimate of drug-likeness (QED) is 0.187. The lowest BCUT2D eigenvalue weighted by Gasteiger charge is -2.34. The van der Waals surface area contributed by atoms with Crippen molar-refractivity contribution in [1.82, 2.24) is 10.2 Å². The molecule has 8 heteroatoms. The van der Waals surface area contributed by atoms with E-state index >= 15 is 0 Å². The Morgan fingerprint density at radius 1 is 0.756 bits per heavy atom. The highest BCUT2D eigenvalue weighted by molar-refractivity contribution is 7.92. The van der Waals surface area contributed by atoms with Crippen LogP contribution in [0.3, 0.4) is 0 Å². The molecule has 2 atom stereocenters. The first-order valence-electron chi connectivity index (χ1n) is 15.3. The van der Waals surface area contributed by atoms with Gasteiger partial charge in [-0.1, -0.05) is 91.3 Å². The van der Waals surface area contributed by atoms with Crippen molar-refractivity contribution in [3.8, 4) is 0 Å². The zero-order valence-electron chi connectivity index (χ0n) is 26.7. The highest BCUT2D eigenvalue weighted by Crippen LogP contribution is 2.27. The molecule has 0 bridgehead atoms. The fraction of sp³-hybridized carbons (Fsp3) is 0.297. The summed E-state index contributed by atoms with van der Waals surface area (Å²) in [5, 5.41) is 3.07. The highest BCUT2D eigenvalue weighted by atomic mass is 32.2. The minimum atomic E-state index is -4.15. The van der Waals surface area contributed by atoms with Crippen LogP contribution in [0, 0.1) is 20.8 Å². The van der Waals surface area contributed by atoms with Crippen LogP contribution in [0.1, 0.15) is 48.1 Å². The van der Waals surface area contributed by atoms with E-state index in [1.165, 1.54) is 9.21 Å². The highest BCUT2D eigenvalue weighted by Gasteiger charge is 2.35. The predicted octanol–water partition coefficient (Wildman–Crippen LogP) is 6.36. The number of nitrogens with one attached hydrogen (secondary N) is 1. The van der Waals surface area contributed by atoms with Crippen molar-refractivity contribution in [2.24, 2.45) is 0 Å². The van der Waals surface area contributed by atoms with Crippen LogP contribution in [-0.2, 0) is 32.6 Å². The molecule has 0 radical (unpaired) electrons. The number of rotatable bonds is 13. The second kappa shape index (κ2) is 15.0. The second-order valence-corrected chi connectivity index (χ2v) is 13.6. The van der Waals surface area contributed by atoms with Crippen LogP contribution in [0.4, 0.5) is 5.69 Å². The molecule has 0 aliphatic rings. The molecule has 0 fully saturated rings. The van der Waals surface area contributed by atoms with Crippen LogP contribution in [-0.4, -0.2) is 43.8 Å². The molecule has 0 aliphatic carbocycles. The number of hydrogen-bond acceptors (Lipinski definition) is 4. The third kappa shape index (κ3) is 8.82. The number of nitrogens with zero attached hydrogens (tertiary/aromatic N) is 2. The maximum absolute atomic E-state index is 14.6. The Balaban J connectivity index is 1.82. The second-order valence-electron chi connectivity index (χ2n) is 11.7. The molecule has 0 spiro atoms. The van der Waals surface area contributed by atoms with Gasteiger partial charge in [0, 0.05) is 19.0 Å². The molecule has 0 saturated carbocycles. The van der Waals surface area contributed by atoms with Crippen molar-refractivity contribution in [2.45, 2.75) is 71.0 Å². The molecule has 0 saturated heterocycles. The van der Waals surface area contributed by atoms with Crippen LogP contribution in [0.15, 0.2) is 108 Å². The van der Waals surface area contributed by atoms with E-state index in [4.69, 9.17) is 0 Å². The summed E-state index contributed by atoms with van der Waals surface area (Å²) in [5.41, 5.74) is 4.79. The van der Waals surface area contributed by atoms with Crippen molar-refractivity contribution in [1.29, 1.82) is 0 Å². The van der Waals surface area contributed by atoms with Crippen molar-refractivity contribution >= 4 is 27.5 Å². The third-order valence-corrected chi connectivity index (χ3v) is 9.64. The molecule has 4 aromatic carbocycles. The zero-order chi connectivity index (χ0) is 32.6. The van der Waals surface area contributed by atoms with E-state index in [1.807, 2.05) is 101 Å². The van der Waals surface area contributed by atoms with Crippen LogP contribution >= 0.6 is 0 Å². The van der Waals surface area contributed by atoms with Crippen LogP contribution in [0.2, 0.25) is 0 Å². The van der Waals surface area contributed by atoms with Gasteiger partial charge >= 0.3 is 0 Å². The number of carbonyl (C=O) groups excluding carboxylic acids is 2. The van der Waals surface area contributed by atoms with E-state index in [0.717, 1.165) is 34.2 Å². The zero-order valence-corrected chi connectivity index (χ0v) is 27.6. The van der Waals surface area contributed by atoms with Crippen molar-refractivity contribution in [3.63, 3.8) is 0 Å². The lowest BCUT2D eigenvalue weighted by molar-refractivity contribution is -0.140. The van der Waals surface area contributed by atoms with E-state index in [9.17, 15) is 18.0 Å². The fourth-order valence-corrected chi connectivity index (χ4v) is 6.63. The summed E-state index contributed by atoms with van der Waals surface area (Å²) in [6, 6.07) is 30.1. The van der Waals surface area contributed by atoms with Gasteiger partial charge in [-0.15, -0.1) is 0 Å². The van der Waals surface area contributed by atoms with Crippen LogP contribution in [0.5, 0.6) is 0 Å². The minimum absolute atomic E-state index is 0.0880. The Bertz CT molecular complexity index is 1670. The summed E-state index contributed by atoms with van der Waals surface area (Å²) in [5.74, 6) is -0.759. The molecule has 236 valence electrons. The Morgan fingerprint density at radius 3 is 1.87 bits per heavy atom. The Hall–Kier alpha value is -4.43. The number of anilines is 1. The number of amides is 2. The fourth-order valence-electron chi connectivity index (χ4n) is 5.24. The standard InChI is InChI=1S/C37H43N3O4S/c1-6-30(5)38-37(42)35(24-31-13-9-7-10-14-31)39(25-32-15-11-8-12-16-32)36(41)26-40(33-22-28(3)21-29(4)23-33)45(43,44)34-19-17-27(2)18-20-34/h7-23,30,35H,6,24-26H2,1-5H3,(H,38,42)/t30-,35-/m0/s1. The van der Waals surface area contributed by atoms with Crippen LogP contribution < -0.4 is 9.62 Å². The molecule has 4 rings (SSSR count). The van der Waals surface area contributed by atoms with Gasteiger partial charge in [0.05, 0.1) is 10.6 Å². The smallest absolute Gasteiger partial charge is 0.264 e. The van der Waals surface area contributed by atoms with Gasteiger partial charge in [0.15, 0.2) is 0 Å². The predicted molar refractivity (Wildman–Crippen MR) is 180 cm³/mol. The first-order chi connectivity index (χ1) is 21.5. The van der Waals surface area contributed by atoms with Crippen molar-refractivity contribution in [3.05, 3.63) is 131 Å². The molecule has 0 unspecified atom stereocenters. The maximum Gasteiger partial charge on any atom is 0.264 e. The van der Waals surface area contributed by atoms with Crippen molar-refractivity contribution < 1.29 is 18.0 Å². The van der Waals surface area contributed by atoms with E-state index in [0.29, 0.717) is 5.69 Å². The topological polar surface area (TPSA) is 86.8 Å². The maximum atomic E-state index is 14.6. The average Bonchev–Trinajstić information content (AvgIpc) is 3.02. The Morgan fingerprint density at radius 2 is 1.31 bits per heavy atom. The van der Waals surface area contributed by atoms with Gasteiger partial charge in [-0.2, -0.15) is 0 Å². The Labute approximate surface area is 268 Å². The van der Waals surface area contributed by atoms with Crippen molar-refractivity contribution in [2.75, 3.05) is 10.8 Å². The molecule has 7 nitrogen and oxygen atoms in total. The number of sulfonamides is 1. The van der Waals surface area contributed by atoms with Gasteiger partial charge in [0.1, 0.15) is 12.6 Å². The van der Waals surface area contributed by atoms with Gasteiger partial charge in [0.2, 0.25) is 11.8 Å². The summed E-state index contributed by atoms with van der Waals surface area (Å²) >= 11 is 0. The monoisotopic (exact) mass is 625 g/mol. The molecule has 0 heterocycles. The van der Waals surface area contributed by atoms with Gasteiger partial charge < -0.3 is 10.2 Å². The molecule has 0 aliphatic heterocycles. The first kappa shape index (κ1) is 33.5. The number of carbonyl (C=O) groups is 2. The normalized spacial score (nSPS) is 12.6. The summed E-state index contributed by atoms with van der Waals surface area (Å²) < 4.78 is 29.6. The Kier molecular flexibility index (Phi) is 11.2. The summed E-state index contributed by atoms with van der Waals surface area (Å²) in [6.07, 6.45) is 1.00. The van der Waals surface area contributed by atoms with E-state index < -0.39 is 28.5 Å². The minimum Gasteiger partial charge on any atom is -0.352 e. The van der Waals surface area contributed by atoms with Crippen LogP contribution in [0.25, 0.3) is 0 Å². The molecular formula is C37H43N3O4S. The van der Waals surface area contributed by atoms with Gasteiger partial charge in [-0.25, -0.2) is 8.42 Å². The van der Waals surface area contributed by atoms with Gasteiger partial charge in [-0.05, 0) is 80.6 Å². The van der Waals surface area contributed by atoms with E-state index in [-0.39, 0.29) is 29.8 Å². The summed E-state index contributed by atoms with van der Waals surface area (Å²) in [7, 11) is -4.15. The molecular weight excluding hydrogens is 582 g/mol. The number of hydrogen-bond donors (Lipinski definition) is 1. The van der Waals surface area contributed by atoms with Gasteiger partial charge in [0.25, 0.3) is 10.0 Å². The van der Waals surface area contributed by atoms with E-state index in [1.54, 1.807) is 36.4 Å². The summed E-state index contributed by atoms with van der Waals surface area (Å²) in [6.45, 7) is 9.25. The average molecular weight is 626 g/mol. The largest absolute Gasteiger partial charge is 0.352 e. The molecule has 1 N–H and O–H groups in total. The molecule has 45 heavy (non-hydrogen) atoms. The van der Waals surface area contributed by atoms with E-state index in [2.05, 4.69) is 5.32 Å². The molecule has 4 aromatic rings. The molecule has 2 amide bonds. The van der Waals surface area contributed by atoms with Gasteiger partial charge in [-0.3, -0.25) is 13.9 Å². The lowest BCUT2D eigenvalue weighted by Crippen LogP contribution is -2.54. The summed E-state index contributed by atoms with van der Waals surface area (Å²) in [4.78, 5) is 30.1. The number of benzene rings is 4. The first-order valence-corrected chi connectivity index (χ1v) is 16.8. The lowest BCUT2D eigenvalue weighted by atomic mass is 10.0. The SMILES string of the molecule is CC[C@H](C)NC(=O)[C@H](Cc1ccccc1)N(Cc1ccccc1)C(=O)CN(c1cc(C)cc(C)c1)S(=O)(=O)c1ccc(C)cc1. The third-order valence-electron chi connectivity index (χ3n) is 7.85. The molecule has 0 aromatic heterocycles.